The van der Waals surface area contributed by atoms with Gasteiger partial charge in [0, 0.05) is 12.1 Å². The molecular formula is C18H30ClNO3Si. The van der Waals surface area contributed by atoms with E-state index < -0.39 is 12.6 Å². The Kier molecular flexibility index (Phi) is 10.0. The minimum atomic E-state index is -2.33. The summed E-state index contributed by atoms with van der Waals surface area (Å²) in [6.07, 6.45) is 9.46. The average molecular weight is 372 g/mol. The molecule has 1 aromatic carbocycles. The first-order valence-corrected chi connectivity index (χ1v) is 12.5. The molecule has 0 bridgehead atoms. The zero-order valence-electron chi connectivity index (χ0n) is 14.9. The van der Waals surface area contributed by atoms with Crippen molar-refractivity contribution >= 4 is 24.4 Å². The van der Waals surface area contributed by atoms with Gasteiger partial charge in [-0.3, -0.25) is 10.1 Å². The predicted molar refractivity (Wildman–Crippen MR) is 103 cm³/mol. The Morgan fingerprint density at radius 1 is 0.958 bits per heavy atom. The zero-order valence-corrected chi connectivity index (χ0v) is 16.7. The van der Waals surface area contributed by atoms with Gasteiger partial charge in [0.15, 0.2) is 0 Å². The highest BCUT2D eigenvalue weighted by Gasteiger charge is 2.34. The van der Waals surface area contributed by atoms with Gasteiger partial charge in [-0.05, 0) is 24.2 Å². The molecule has 0 spiro atoms. The zero-order chi connectivity index (χ0) is 17.8. The van der Waals surface area contributed by atoms with Gasteiger partial charge in [0.2, 0.25) is 0 Å². The van der Waals surface area contributed by atoms with Crippen LogP contribution in [0.25, 0.3) is 0 Å². The molecule has 4 nitrogen and oxygen atoms in total. The number of nitro benzene ring substituents is 1. The molecule has 0 aliphatic rings. The highest BCUT2D eigenvalue weighted by molar-refractivity contribution is 7.17. The SMILES string of the molecule is CCCCCC[Si](Cl)(CCCCCC)Oc1ccc([N+](=O)[O-])cc1. The van der Waals surface area contributed by atoms with E-state index in [0.29, 0.717) is 5.75 Å². The number of rotatable bonds is 13. The van der Waals surface area contributed by atoms with Gasteiger partial charge in [0.05, 0.1) is 4.92 Å². The fraction of sp³-hybridized carbons (Fsp3) is 0.667. The van der Waals surface area contributed by atoms with E-state index in [-0.39, 0.29) is 5.69 Å². The van der Waals surface area contributed by atoms with Crippen molar-refractivity contribution < 1.29 is 9.35 Å². The summed E-state index contributed by atoms with van der Waals surface area (Å²) in [5, 5.41) is 10.8. The molecule has 0 fully saturated rings. The lowest BCUT2D eigenvalue weighted by Gasteiger charge is -2.26. The lowest BCUT2D eigenvalue weighted by Crippen LogP contribution is -2.35. The fourth-order valence-electron chi connectivity index (χ4n) is 2.71. The summed E-state index contributed by atoms with van der Waals surface area (Å²) in [6, 6.07) is 8.18. The van der Waals surface area contributed by atoms with E-state index in [2.05, 4.69) is 13.8 Å². The quantitative estimate of drug-likeness (QED) is 0.126. The molecule has 136 valence electrons. The van der Waals surface area contributed by atoms with Gasteiger partial charge in [-0.15, -0.1) is 11.1 Å². The standard InChI is InChI=1S/C18H30ClNO3Si/c1-3-5-7-9-15-24(19,16-10-8-6-4-2)23-18-13-11-17(12-14-18)20(21)22/h11-14H,3-10,15-16H2,1-2H3. The molecule has 6 heteroatoms. The number of unbranched alkanes of at least 4 members (excludes halogenated alkanes) is 6. The van der Waals surface area contributed by atoms with Gasteiger partial charge in [0.1, 0.15) is 5.75 Å². The van der Waals surface area contributed by atoms with E-state index in [1.807, 2.05) is 0 Å². The molecule has 1 rings (SSSR count). The van der Waals surface area contributed by atoms with Crippen molar-refractivity contribution in [2.24, 2.45) is 0 Å². The molecule has 0 unspecified atom stereocenters. The van der Waals surface area contributed by atoms with E-state index in [9.17, 15) is 10.1 Å². The van der Waals surface area contributed by atoms with E-state index in [0.717, 1.165) is 24.9 Å². The van der Waals surface area contributed by atoms with Crippen molar-refractivity contribution in [2.45, 2.75) is 77.3 Å². The van der Waals surface area contributed by atoms with Crippen LogP contribution in [0.15, 0.2) is 24.3 Å². The third kappa shape index (κ3) is 8.15. The first-order chi connectivity index (χ1) is 11.5. The second-order valence-electron chi connectivity index (χ2n) is 6.36. The van der Waals surface area contributed by atoms with E-state index in [1.54, 1.807) is 12.1 Å². The minimum Gasteiger partial charge on any atom is -0.529 e. The maximum absolute atomic E-state index is 10.8. The molecule has 0 aliphatic heterocycles. The van der Waals surface area contributed by atoms with Crippen molar-refractivity contribution in [3.8, 4) is 5.75 Å². The largest absolute Gasteiger partial charge is 0.529 e. The number of benzene rings is 1. The molecular weight excluding hydrogens is 342 g/mol. The van der Waals surface area contributed by atoms with E-state index >= 15 is 0 Å². The number of nitrogens with zero attached hydrogens (tertiary/aromatic N) is 1. The second kappa shape index (κ2) is 11.5. The average Bonchev–Trinajstić information content (AvgIpc) is 2.56. The van der Waals surface area contributed by atoms with Crippen LogP contribution in [-0.2, 0) is 0 Å². The van der Waals surface area contributed by atoms with Gasteiger partial charge in [-0.1, -0.05) is 65.2 Å². The lowest BCUT2D eigenvalue weighted by atomic mass is 10.2. The van der Waals surface area contributed by atoms with Gasteiger partial charge in [-0.25, -0.2) is 0 Å². The number of halogens is 1. The Morgan fingerprint density at radius 3 is 1.88 bits per heavy atom. The van der Waals surface area contributed by atoms with Crippen molar-refractivity contribution in [1.82, 2.24) is 0 Å². The van der Waals surface area contributed by atoms with Crippen LogP contribution >= 0.6 is 11.1 Å². The van der Waals surface area contributed by atoms with Crippen LogP contribution in [0.2, 0.25) is 12.1 Å². The summed E-state index contributed by atoms with van der Waals surface area (Å²) in [7, 11) is -2.33. The van der Waals surface area contributed by atoms with Crippen LogP contribution < -0.4 is 4.43 Å². The monoisotopic (exact) mass is 371 g/mol. The second-order valence-corrected chi connectivity index (χ2v) is 11.4. The third-order valence-corrected chi connectivity index (χ3v) is 8.32. The Labute approximate surface area is 151 Å². The number of hydrogen-bond acceptors (Lipinski definition) is 3. The fourth-order valence-corrected chi connectivity index (χ4v) is 6.34. The Hall–Kier alpha value is -1.07. The Bertz CT molecular complexity index is 470. The molecule has 0 atom stereocenters. The van der Waals surface area contributed by atoms with Crippen molar-refractivity contribution in [3.05, 3.63) is 34.4 Å². The third-order valence-electron chi connectivity index (χ3n) is 4.16. The van der Waals surface area contributed by atoms with Gasteiger partial charge < -0.3 is 4.43 Å². The molecule has 0 heterocycles. The first-order valence-electron chi connectivity index (χ1n) is 9.13. The Morgan fingerprint density at radius 2 is 1.46 bits per heavy atom. The van der Waals surface area contributed by atoms with Crippen LogP contribution in [0.1, 0.15) is 65.2 Å². The smallest absolute Gasteiger partial charge is 0.347 e. The van der Waals surface area contributed by atoms with Gasteiger partial charge >= 0.3 is 7.63 Å². The molecule has 0 saturated heterocycles. The van der Waals surface area contributed by atoms with Crippen molar-refractivity contribution in [1.29, 1.82) is 0 Å². The van der Waals surface area contributed by atoms with Crippen molar-refractivity contribution in [2.75, 3.05) is 0 Å². The number of nitro groups is 1. The molecule has 0 radical (unpaired) electrons. The number of hydrogen-bond donors (Lipinski definition) is 0. The lowest BCUT2D eigenvalue weighted by molar-refractivity contribution is -0.384. The first kappa shape index (κ1) is 21.0. The molecule has 0 aliphatic carbocycles. The molecule has 1 aromatic rings. The summed E-state index contributed by atoms with van der Waals surface area (Å²) < 4.78 is 6.18. The summed E-state index contributed by atoms with van der Waals surface area (Å²) >= 11 is 6.92. The van der Waals surface area contributed by atoms with E-state index in [4.69, 9.17) is 15.5 Å². The summed E-state index contributed by atoms with van der Waals surface area (Å²) in [4.78, 5) is 10.4. The Balaban J connectivity index is 2.65. The maximum atomic E-state index is 10.8. The molecule has 0 saturated carbocycles. The summed E-state index contributed by atoms with van der Waals surface area (Å²) in [5.41, 5.74) is 0.0788. The highest BCUT2D eigenvalue weighted by atomic mass is 35.6. The van der Waals surface area contributed by atoms with Crippen molar-refractivity contribution in [3.63, 3.8) is 0 Å². The normalized spacial score (nSPS) is 11.5. The van der Waals surface area contributed by atoms with Crippen LogP contribution in [-0.4, -0.2) is 12.6 Å². The number of non-ortho nitro benzene ring substituents is 1. The maximum Gasteiger partial charge on any atom is 0.347 e. The van der Waals surface area contributed by atoms with Crippen LogP contribution in [0.3, 0.4) is 0 Å². The minimum absolute atomic E-state index is 0.0788. The van der Waals surface area contributed by atoms with Crippen LogP contribution in [0.5, 0.6) is 5.75 Å². The molecule has 0 aromatic heterocycles. The van der Waals surface area contributed by atoms with Gasteiger partial charge in [-0.2, -0.15) is 0 Å². The summed E-state index contributed by atoms with van der Waals surface area (Å²) in [5.74, 6) is 0.660. The molecule has 0 N–H and O–H groups in total. The van der Waals surface area contributed by atoms with Gasteiger partial charge in [0.25, 0.3) is 5.69 Å². The highest BCUT2D eigenvalue weighted by Crippen LogP contribution is 2.31. The predicted octanol–water partition coefficient (Wildman–Crippen LogP) is 6.82. The molecule has 0 amide bonds. The molecule has 24 heavy (non-hydrogen) atoms. The van der Waals surface area contributed by atoms with E-state index in [1.165, 1.54) is 50.7 Å². The van der Waals surface area contributed by atoms with Crippen LogP contribution in [0, 0.1) is 10.1 Å². The topological polar surface area (TPSA) is 52.4 Å². The van der Waals surface area contributed by atoms with Crippen LogP contribution in [0.4, 0.5) is 5.69 Å². The summed E-state index contributed by atoms with van der Waals surface area (Å²) in [6.45, 7) is 4.40.